The topological polar surface area (TPSA) is 50.9 Å². The van der Waals surface area contributed by atoms with E-state index in [4.69, 9.17) is 5.84 Å². The summed E-state index contributed by atoms with van der Waals surface area (Å²) in [6, 6.07) is 16.1. The summed E-state index contributed by atoms with van der Waals surface area (Å²) in [4.78, 5) is 4.53. The van der Waals surface area contributed by atoms with Gasteiger partial charge >= 0.3 is 0 Å². The highest BCUT2D eigenvalue weighted by Gasteiger charge is 2.07. The minimum absolute atomic E-state index is 0.307. The van der Waals surface area contributed by atoms with Gasteiger partial charge in [-0.1, -0.05) is 30.3 Å². The number of hydrogen-bond acceptors (Lipinski definition) is 3. The van der Waals surface area contributed by atoms with Crippen molar-refractivity contribution in [1.29, 1.82) is 0 Å². The fourth-order valence-corrected chi connectivity index (χ4v) is 2.07. The molecule has 0 unspecified atom stereocenters. The SMILES string of the molecule is NNc1cc(-c2ccccc2)nc2ccc(F)cc12. The maximum Gasteiger partial charge on any atom is 0.124 e. The molecule has 0 atom stereocenters. The first kappa shape index (κ1) is 11.6. The van der Waals surface area contributed by atoms with Crippen LogP contribution in [0.5, 0.6) is 0 Å². The molecule has 0 radical (unpaired) electrons. The van der Waals surface area contributed by atoms with Gasteiger partial charge in [0.25, 0.3) is 0 Å². The second-order valence-corrected chi connectivity index (χ2v) is 4.23. The summed E-state index contributed by atoms with van der Waals surface area (Å²) in [7, 11) is 0. The number of aromatic nitrogens is 1. The lowest BCUT2D eigenvalue weighted by molar-refractivity contribution is 0.629. The van der Waals surface area contributed by atoms with E-state index in [1.165, 1.54) is 12.1 Å². The van der Waals surface area contributed by atoms with Crippen LogP contribution in [0.15, 0.2) is 54.6 Å². The summed E-state index contributed by atoms with van der Waals surface area (Å²) >= 11 is 0. The molecule has 0 saturated heterocycles. The van der Waals surface area contributed by atoms with Crippen LogP contribution >= 0.6 is 0 Å². The monoisotopic (exact) mass is 253 g/mol. The number of nitrogen functional groups attached to an aromatic ring is 1. The van der Waals surface area contributed by atoms with E-state index in [0.717, 1.165) is 11.3 Å². The Labute approximate surface area is 109 Å². The van der Waals surface area contributed by atoms with Gasteiger partial charge in [0.05, 0.1) is 16.9 Å². The molecule has 0 saturated carbocycles. The van der Waals surface area contributed by atoms with E-state index in [0.29, 0.717) is 16.6 Å². The van der Waals surface area contributed by atoms with E-state index in [1.54, 1.807) is 6.07 Å². The molecule has 19 heavy (non-hydrogen) atoms. The average molecular weight is 253 g/mol. The average Bonchev–Trinajstić information content (AvgIpc) is 2.47. The number of rotatable bonds is 2. The standard InChI is InChI=1S/C15H12FN3/c16-11-6-7-13-12(8-11)15(19-17)9-14(18-13)10-4-2-1-3-5-10/h1-9H,17H2,(H,18,19). The number of nitrogens with two attached hydrogens (primary N) is 1. The van der Waals surface area contributed by atoms with Crippen molar-refractivity contribution < 1.29 is 4.39 Å². The molecule has 94 valence electrons. The van der Waals surface area contributed by atoms with Gasteiger partial charge in [-0.05, 0) is 24.3 Å². The normalized spacial score (nSPS) is 10.6. The Kier molecular flexibility index (Phi) is 2.85. The third kappa shape index (κ3) is 2.13. The van der Waals surface area contributed by atoms with Crippen LogP contribution in [0.2, 0.25) is 0 Å². The molecule has 0 amide bonds. The second kappa shape index (κ2) is 4.66. The molecule has 3 nitrogen and oxygen atoms in total. The lowest BCUT2D eigenvalue weighted by Crippen LogP contribution is -2.08. The van der Waals surface area contributed by atoms with Crippen LogP contribution in [-0.4, -0.2) is 4.98 Å². The lowest BCUT2D eigenvalue weighted by Gasteiger charge is -2.09. The van der Waals surface area contributed by atoms with Gasteiger partial charge in [-0.25, -0.2) is 9.37 Å². The molecule has 3 N–H and O–H groups in total. The number of hydrogen-bond donors (Lipinski definition) is 2. The highest BCUT2D eigenvalue weighted by atomic mass is 19.1. The van der Waals surface area contributed by atoms with Gasteiger partial charge in [0.15, 0.2) is 0 Å². The summed E-state index contributed by atoms with van der Waals surface area (Å²) in [6.45, 7) is 0. The van der Waals surface area contributed by atoms with E-state index in [1.807, 2.05) is 36.4 Å². The zero-order chi connectivity index (χ0) is 13.2. The van der Waals surface area contributed by atoms with Crippen molar-refractivity contribution in [3.8, 4) is 11.3 Å². The van der Waals surface area contributed by atoms with Crippen LogP contribution in [0.3, 0.4) is 0 Å². The summed E-state index contributed by atoms with van der Waals surface area (Å²) in [5.41, 5.74) is 5.75. The molecule has 4 heteroatoms. The number of anilines is 1. The van der Waals surface area contributed by atoms with Crippen molar-refractivity contribution in [2.45, 2.75) is 0 Å². The van der Waals surface area contributed by atoms with E-state index < -0.39 is 0 Å². The maximum absolute atomic E-state index is 13.3. The third-order valence-electron chi connectivity index (χ3n) is 3.00. The summed E-state index contributed by atoms with van der Waals surface area (Å²) in [6.07, 6.45) is 0. The largest absolute Gasteiger partial charge is 0.323 e. The third-order valence-corrected chi connectivity index (χ3v) is 3.00. The van der Waals surface area contributed by atoms with E-state index in [2.05, 4.69) is 10.4 Å². The van der Waals surface area contributed by atoms with Crippen molar-refractivity contribution in [2.24, 2.45) is 5.84 Å². The predicted molar refractivity (Wildman–Crippen MR) is 74.9 cm³/mol. The van der Waals surface area contributed by atoms with Gasteiger partial charge in [0.1, 0.15) is 5.82 Å². The van der Waals surface area contributed by atoms with Crippen LogP contribution < -0.4 is 11.3 Å². The number of fused-ring (bicyclic) bond motifs is 1. The number of hydrazine groups is 1. The Morgan fingerprint density at radius 3 is 2.53 bits per heavy atom. The Morgan fingerprint density at radius 1 is 1.00 bits per heavy atom. The zero-order valence-corrected chi connectivity index (χ0v) is 10.1. The fourth-order valence-electron chi connectivity index (χ4n) is 2.07. The molecule has 0 aliphatic rings. The predicted octanol–water partition coefficient (Wildman–Crippen LogP) is 3.33. The molecule has 1 heterocycles. The molecule has 2 aromatic carbocycles. The Hall–Kier alpha value is -2.46. The molecule has 3 rings (SSSR count). The number of halogens is 1. The lowest BCUT2D eigenvalue weighted by atomic mass is 10.1. The van der Waals surface area contributed by atoms with Gasteiger partial charge in [0, 0.05) is 10.9 Å². The van der Waals surface area contributed by atoms with Crippen LogP contribution in [-0.2, 0) is 0 Å². The minimum Gasteiger partial charge on any atom is -0.323 e. The maximum atomic E-state index is 13.3. The molecule has 0 spiro atoms. The first-order valence-electron chi connectivity index (χ1n) is 5.90. The van der Waals surface area contributed by atoms with Crippen molar-refractivity contribution in [1.82, 2.24) is 4.98 Å². The Balaban J connectivity index is 2.26. The van der Waals surface area contributed by atoms with Crippen molar-refractivity contribution in [2.75, 3.05) is 5.43 Å². The van der Waals surface area contributed by atoms with Gasteiger partial charge in [-0.2, -0.15) is 0 Å². The molecular weight excluding hydrogens is 241 g/mol. The van der Waals surface area contributed by atoms with Gasteiger partial charge in [-0.3, -0.25) is 5.84 Å². The summed E-state index contributed by atoms with van der Waals surface area (Å²) in [5.74, 6) is 5.21. The highest BCUT2D eigenvalue weighted by Crippen LogP contribution is 2.28. The van der Waals surface area contributed by atoms with Crippen molar-refractivity contribution in [3.05, 3.63) is 60.4 Å². The highest BCUT2D eigenvalue weighted by molar-refractivity contribution is 5.93. The van der Waals surface area contributed by atoms with E-state index in [-0.39, 0.29) is 5.82 Å². The smallest absolute Gasteiger partial charge is 0.124 e. The van der Waals surface area contributed by atoms with Crippen molar-refractivity contribution >= 4 is 16.6 Å². The Bertz CT molecular complexity index is 726. The molecule has 3 aromatic rings. The molecular formula is C15H12FN3. The van der Waals surface area contributed by atoms with Gasteiger partial charge < -0.3 is 5.43 Å². The first-order chi connectivity index (χ1) is 9.28. The van der Waals surface area contributed by atoms with E-state index >= 15 is 0 Å². The molecule has 0 fully saturated rings. The number of nitrogens with one attached hydrogen (secondary N) is 1. The summed E-state index contributed by atoms with van der Waals surface area (Å²) in [5, 5.41) is 0.669. The van der Waals surface area contributed by atoms with E-state index in [9.17, 15) is 4.39 Å². The molecule has 0 aliphatic carbocycles. The Morgan fingerprint density at radius 2 is 1.79 bits per heavy atom. The quantitative estimate of drug-likeness (QED) is 0.544. The number of pyridine rings is 1. The summed E-state index contributed by atoms with van der Waals surface area (Å²) < 4.78 is 13.3. The van der Waals surface area contributed by atoms with Crippen LogP contribution in [0.4, 0.5) is 10.1 Å². The fraction of sp³-hybridized carbons (Fsp3) is 0. The first-order valence-corrected chi connectivity index (χ1v) is 5.90. The van der Waals surface area contributed by atoms with Gasteiger partial charge in [-0.15, -0.1) is 0 Å². The van der Waals surface area contributed by atoms with Crippen LogP contribution in [0, 0.1) is 5.82 Å². The molecule has 0 aliphatic heterocycles. The molecule has 1 aromatic heterocycles. The molecule has 0 bridgehead atoms. The zero-order valence-electron chi connectivity index (χ0n) is 10.1. The number of nitrogens with zero attached hydrogens (tertiary/aromatic N) is 1. The van der Waals surface area contributed by atoms with Gasteiger partial charge in [0.2, 0.25) is 0 Å². The number of benzene rings is 2. The minimum atomic E-state index is -0.307. The van der Waals surface area contributed by atoms with Crippen LogP contribution in [0.1, 0.15) is 0 Å². The second-order valence-electron chi connectivity index (χ2n) is 4.23. The van der Waals surface area contributed by atoms with Crippen LogP contribution in [0.25, 0.3) is 22.2 Å². The van der Waals surface area contributed by atoms with Crippen molar-refractivity contribution in [3.63, 3.8) is 0 Å².